The molecule has 48 heavy (non-hydrogen) atoms. The second-order valence-electron chi connectivity index (χ2n) is 14.1. The highest BCUT2D eigenvalue weighted by atomic mass is 28.3. The van der Waals surface area contributed by atoms with Crippen LogP contribution in [-0.4, -0.2) is 73.4 Å². The van der Waals surface area contributed by atoms with E-state index in [0.717, 1.165) is 53.6 Å². The van der Waals surface area contributed by atoms with Gasteiger partial charge in [0.15, 0.2) is 0 Å². The van der Waals surface area contributed by atoms with Gasteiger partial charge in [-0.25, -0.2) is 0 Å². The summed E-state index contributed by atoms with van der Waals surface area (Å²) in [5.74, 6) is 1.17. The summed E-state index contributed by atoms with van der Waals surface area (Å²) >= 11 is 0. The minimum absolute atomic E-state index is 0.0123. The number of aromatic nitrogens is 1. The van der Waals surface area contributed by atoms with Crippen LogP contribution >= 0.6 is 0 Å². The number of anilines is 1. The molecule has 5 atom stereocenters. The summed E-state index contributed by atoms with van der Waals surface area (Å²) in [4.78, 5) is 31.6. The number of hydrogen-bond donors (Lipinski definition) is 3. The van der Waals surface area contributed by atoms with Gasteiger partial charge in [0.1, 0.15) is 5.75 Å². The molecule has 2 aliphatic rings. The predicted octanol–water partition coefficient (Wildman–Crippen LogP) is 6.05. The smallest absolute Gasteiger partial charge is 0.228 e. The molecule has 8 nitrogen and oxygen atoms in total. The number of carbonyl (C=O) groups is 2. The molecule has 0 saturated carbocycles. The van der Waals surface area contributed by atoms with E-state index in [-0.39, 0.29) is 48.1 Å². The second kappa shape index (κ2) is 14.7. The molecule has 0 spiro atoms. The molecule has 0 unspecified atom stereocenters. The Labute approximate surface area is 284 Å². The number of ether oxygens (including phenoxy) is 2. The molecule has 3 aromatic carbocycles. The van der Waals surface area contributed by atoms with E-state index in [9.17, 15) is 14.7 Å². The van der Waals surface area contributed by atoms with Gasteiger partial charge in [0.05, 0.1) is 52.9 Å². The van der Waals surface area contributed by atoms with E-state index in [1.54, 1.807) is 7.11 Å². The highest BCUT2D eigenvalue weighted by Crippen LogP contribution is 2.46. The molecule has 1 aromatic heterocycles. The van der Waals surface area contributed by atoms with Gasteiger partial charge in [0.25, 0.3) is 0 Å². The molecule has 3 heterocycles. The molecular formula is C39H49N3O5Si. The number of likely N-dealkylation sites (tertiary alicyclic amines) is 1. The van der Waals surface area contributed by atoms with Gasteiger partial charge in [-0.1, -0.05) is 67.7 Å². The highest BCUT2D eigenvalue weighted by molar-refractivity contribution is 6.91. The number of rotatable bonds is 12. The number of benzene rings is 3. The summed E-state index contributed by atoms with van der Waals surface area (Å²) in [6, 6.07) is 24.5. The van der Waals surface area contributed by atoms with Crippen LogP contribution in [0.15, 0.2) is 79.0 Å². The van der Waals surface area contributed by atoms with Crippen LogP contribution in [0.1, 0.15) is 43.7 Å². The van der Waals surface area contributed by atoms with Crippen LogP contribution in [0, 0.1) is 5.92 Å². The lowest BCUT2D eigenvalue weighted by molar-refractivity contribution is -0.135. The van der Waals surface area contributed by atoms with E-state index < -0.39 is 8.07 Å². The summed E-state index contributed by atoms with van der Waals surface area (Å²) < 4.78 is 12.3. The van der Waals surface area contributed by atoms with Gasteiger partial charge in [0.2, 0.25) is 11.8 Å². The molecule has 2 saturated heterocycles. The monoisotopic (exact) mass is 667 g/mol. The molecule has 2 aliphatic heterocycles. The average molecular weight is 668 g/mol. The van der Waals surface area contributed by atoms with Crippen molar-refractivity contribution < 1.29 is 24.2 Å². The van der Waals surface area contributed by atoms with Crippen molar-refractivity contribution in [2.75, 3.05) is 25.6 Å². The number of H-pyrrole nitrogens is 1. The normalized spacial score (nSPS) is 22.7. The number of nitrogens with zero attached hydrogens (tertiary/aromatic N) is 1. The number of nitrogens with one attached hydrogen (secondary N) is 2. The van der Waals surface area contributed by atoms with Gasteiger partial charge in [-0.2, -0.15) is 0 Å². The average Bonchev–Trinajstić information content (AvgIpc) is 3.82. The van der Waals surface area contributed by atoms with E-state index in [1.165, 1.54) is 10.8 Å². The van der Waals surface area contributed by atoms with E-state index in [1.807, 2.05) is 59.6 Å². The Kier molecular flexibility index (Phi) is 10.4. The number of aromatic amines is 1. The number of methoxy groups -OCH3 is 1. The zero-order valence-corrected chi connectivity index (χ0v) is 29.6. The third-order valence-corrected chi connectivity index (χ3v) is 15.2. The number of amides is 2. The molecule has 254 valence electrons. The molecule has 2 fully saturated rings. The van der Waals surface area contributed by atoms with Crippen LogP contribution in [0.4, 0.5) is 5.69 Å². The van der Waals surface area contributed by atoms with Crippen LogP contribution < -0.4 is 15.2 Å². The van der Waals surface area contributed by atoms with E-state index in [0.29, 0.717) is 19.4 Å². The Hall–Kier alpha value is -3.92. The fraction of sp³-hybridized carbons (Fsp3) is 0.436. The molecule has 4 aromatic rings. The van der Waals surface area contributed by atoms with E-state index in [4.69, 9.17) is 9.47 Å². The SMILES string of the molecule is COc1ccc([Si](C)(C)[C@@H]2[C@@H](C)[C@@H](CCc3ccc(NC(=O)Cc4c[nH]c5ccccc45)cc3)O[C@H]2CC(=O)N2CCC[C@H]2CO)cc1. The lowest BCUT2D eigenvalue weighted by Gasteiger charge is -2.36. The van der Waals surface area contributed by atoms with Crippen molar-refractivity contribution in [2.45, 2.75) is 82.3 Å². The second-order valence-corrected chi connectivity index (χ2v) is 18.8. The van der Waals surface area contributed by atoms with Crippen LogP contribution in [0.5, 0.6) is 5.75 Å². The minimum atomic E-state index is -2.10. The molecular weight excluding hydrogens is 619 g/mol. The number of para-hydroxylation sites is 1. The van der Waals surface area contributed by atoms with Gasteiger partial charge in [0, 0.05) is 29.3 Å². The summed E-state index contributed by atoms with van der Waals surface area (Å²) in [5.41, 5.74) is 4.23. The summed E-state index contributed by atoms with van der Waals surface area (Å²) in [7, 11) is -0.410. The lowest BCUT2D eigenvalue weighted by Crippen LogP contribution is -2.51. The summed E-state index contributed by atoms with van der Waals surface area (Å²) in [6.45, 7) is 7.82. The first kappa shape index (κ1) is 34.0. The number of aliphatic hydroxyl groups is 1. The Morgan fingerprint density at radius 3 is 2.52 bits per heavy atom. The Balaban J connectivity index is 1.11. The van der Waals surface area contributed by atoms with E-state index in [2.05, 4.69) is 54.6 Å². The Morgan fingerprint density at radius 2 is 1.79 bits per heavy atom. The van der Waals surface area contributed by atoms with Crippen LogP contribution in [-0.2, 0) is 27.2 Å². The third kappa shape index (κ3) is 7.23. The van der Waals surface area contributed by atoms with Crippen molar-refractivity contribution in [1.82, 2.24) is 9.88 Å². The van der Waals surface area contributed by atoms with Crippen LogP contribution in [0.2, 0.25) is 18.6 Å². The standard InChI is InChI=1S/C39H49N3O5Si/c1-26-35(20-13-27-11-14-29(15-12-27)41-37(44)22-28-24-40-34-10-6-5-9-33(28)34)47-36(23-38(45)42-21-7-8-30(42)25-43)39(26)48(3,4)32-18-16-31(46-2)17-19-32/h5-6,9-12,14-19,24,26,30,35-36,39-40,43H,7-8,13,20-23,25H2,1-4H3,(H,41,44)/t26-,30-,35+,36-,39+/m0/s1. The predicted molar refractivity (Wildman–Crippen MR) is 194 cm³/mol. The first-order valence-corrected chi connectivity index (χ1v) is 20.4. The fourth-order valence-electron chi connectivity index (χ4n) is 8.21. The van der Waals surface area contributed by atoms with Gasteiger partial charge in [-0.15, -0.1) is 0 Å². The Morgan fingerprint density at radius 1 is 1.04 bits per heavy atom. The van der Waals surface area contributed by atoms with Crippen LogP contribution in [0.25, 0.3) is 10.9 Å². The molecule has 0 radical (unpaired) electrons. The van der Waals surface area contributed by atoms with Crippen molar-refractivity contribution in [2.24, 2.45) is 5.92 Å². The zero-order valence-electron chi connectivity index (χ0n) is 28.6. The van der Waals surface area contributed by atoms with Gasteiger partial charge >= 0.3 is 0 Å². The van der Waals surface area contributed by atoms with Crippen molar-refractivity contribution in [3.05, 3.63) is 90.1 Å². The third-order valence-electron chi connectivity index (χ3n) is 10.8. The first-order valence-electron chi connectivity index (χ1n) is 17.3. The molecule has 3 N–H and O–H groups in total. The van der Waals surface area contributed by atoms with Gasteiger partial charge < -0.3 is 29.8 Å². The fourth-order valence-corrected chi connectivity index (χ4v) is 12.3. The largest absolute Gasteiger partial charge is 0.497 e. The zero-order chi connectivity index (χ0) is 33.8. The van der Waals surface area contributed by atoms with E-state index >= 15 is 0 Å². The molecule has 0 bridgehead atoms. The maximum absolute atomic E-state index is 13.6. The summed E-state index contributed by atoms with van der Waals surface area (Å²) in [5, 5.41) is 15.3. The number of aryl methyl sites for hydroxylation is 1. The van der Waals surface area contributed by atoms with Crippen molar-refractivity contribution in [3.63, 3.8) is 0 Å². The first-order chi connectivity index (χ1) is 23.2. The molecule has 2 amide bonds. The van der Waals surface area contributed by atoms with Gasteiger partial charge in [-0.3, -0.25) is 9.59 Å². The highest BCUT2D eigenvalue weighted by Gasteiger charge is 2.51. The number of hydrogen-bond acceptors (Lipinski definition) is 5. The Bertz CT molecular complexity index is 1700. The van der Waals surface area contributed by atoms with Crippen molar-refractivity contribution >= 4 is 41.7 Å². The number of fused-ring (bicyclic) bond motifs is 1. The number of aliphatic hydroxyl groups excluding tert-OH is 1. The molecule has 6 rings (SSSR count). The quantitative estimate of drug-likeness (QED) is 0.160. The number of carbonyl (C=O) groups excluding carboxylic acids is 2. The molecule has 0 aliphatic carbocycles. The van der Waals surface area contributed by atoms with Crippen LogP contribution in [0.3, 0.4) is 0 Å². The molecule has 9 heteroatoms. The lowest BCUT2D eigenvalue weighted by atomic mass is 9.95. The minimum Gasteiger partial charge on any atom is -0.497 e. The summed E-state index contributed by atoms with van der Waals surface area (Å²) in [6.07, 6.45) is 5.90. The van der Waals surface area contributed by atoms with Crippen molar-refractivity contribution in [3.8, 4) is 5.75 Å². The maximum Gasteiger partial charge on any atom is 0.228 e. The van der Waals surface area contributed by atoms with Crippen molar-refractivity contribution in [1.29, 1.82) is 0 Å². The maximum atomic E-state index is 13.6. The van der Waals surface area contributed by atoms with Gasteiger partial charge in [-0.05, 0) is 78.6 Å². The topological polar surface area (TPSA) is 104 Å².